The van der Waals surface area contributed by atoms with E-state index in [-0.39, 0.29) is 35.9 Å². The van der Waals surface area contributed by atoms with Crippen molar-refractivity contribution in [3.05, 3.63) is 45.6 Å². The summed E-state index contributed by atoms with van der Waals surface area (Å²) in [4.78, 5) is 42.4. The predicted molar refractivity (Wildman–Crippen MR) is 118 cm³/mol. The molecule has 30 heavy (non-hydrogen) atoms. The number of nitrogens with zero attached hydrogens (tertiary/aromatic N) is 3. The van der Waals surface area contributed by atoms with E-state index in [9.17, 15) is 14.4 Å². The van der Waals surface area contributed by atoms with Gasteiger partial charge in [0.1, 0.15) is 5.82 Å². The molecule has 0 aliphatic carbocycles. The Morgan fingerprint density at radius 3 is 2.83 bits per heavy atom. The first kappa shape index (κ1) is 22.4. The van der Waals surface area contributed by atoms with Crippen LogP contribution in [0.5, 0.6) is 0 Å². The summed E-state index contributed by atoms with van der Waals surface area (Å²) < 4.78 is 0. The number of rotatable bonds is 8. The minimum absolute atomic E-state index is 0.0963. The summed E-state index contributed by atoms with van der Waals surface area (Å²) in [7, 11) is 0. The van der Waals surface area contributed by atoms with E-state index >= 15 is 0 Å². The van der Waals surface area contributed by atoms with Gasteiger partial charge in [0, 0.05) is 24.0 Å². The summed E-state index contributed by atoms with van der Waals surface area (Å²) in [6, 6.07) is 7.08. The molecule has 0 spiro atoms. The Bertz CT molecular complexity index is 992. The topological polar surface area (TPSA) is 108 Å². The molecule has 0 bridgehead atoms. The van der Waals surface area contributed by atoms with Crippen molar-refractivity contribution in [2.45, 2.75) is 24.9 Å². The van der Waals surface area contributed by atoms with Crippen LogP contribution in [0.4, 0.5) is 4.79 Å². The van der Waals surface area contributed by atoms with E-state index in [2.05, 4.69) is 20.5 Å². The molecule has 1 aromatic carbocycles. The maximum atomic E-state index is 12.5. The molecule has 1 aliphatic heterocycles. The lowest BCUT2D eigenvalue weighted by molar-refractivity contribution is -0.123. The molecule has 1 saturated heterocycles. The molecule has 11 heteroatoms. The quantitative estimate of drug-likeness (QED) is 0.453. The van der Waals surface area contributed by atoms with Gasteiger partial charge in [-0.1, -0.05) is 55.4 Å². The van der Waals surface area contributed by atoms with Gasteiger partial charge in [0.05, 0.1) is 10.7 Å². The van der Waals surface area contributed by atoms with Crippen LogP contribution in [0, 0.1) is 0 Å². The number of hydrogen-bond donors (Lipinski definition) is 2. The van der Waals surface area contributed by atoms with Crippen LogP contribution in [0.1, 0.15) is 31.2 Å². The lowest BCUT2D eigenvalue weighted by atomic mass is 10.2. The molecule has 3 amide bonds. The van der Waals surface area contributed by atoms with Gasteiger partial charge < -0.3 is 5.32 Å². The molecule has 2 aromatic rings. The number of H-pyrrole nitrogens is 1. The zero-order chi connectivity index (χ0) is 21.7. The first-order chi connectivity index (χ1) is 14.3. The van der Waals surface area contributed by atoms with Crippen molar-refractivity contribution in [1.29, 1.82) is 0 Å². The summed E-state index contributed by atoms with van der Waals surface area (Å²) in [5.41, 5.74) is 0.669. The van der Waals surface area contributed by atoms with Gasteiger partial charge in [-0.25, -0.2) is 4.98 Å². The van der Waals surface area contributed by atoms with Gasteiger partial charge in [0.25, 0.3) is 11.1 Å². The fourth-order valence-corrected chi connectivity index (χ4v) is 4.18. The number of benzene rings is 1. The van der Waals surface area contributed by atoms with E-state index in [1.807, 2.05) is 13.8 Å². The molecule has 2 N–H and O–H groups in total. The van der Waals surface area contributed by atoms with Gasteiger partial charge in [0.2, 0.25) is 11.1 Å². The number of thioether (sulfide) groups is 2. The normalized spacial score (nSPS) is 15.5. The molecule has 158 valence electrons. The van der Waals surface area contributed by atoms with Gasteiger partial charge in [-0.3, -0.25) is 24.4 Å². The standard InChI is InChI=1S/C19H20ClN5O3S2/c1-11(2)16-22-18(24-23-16)29-10-15(26)21-7-8-25-17(27)14(30-19(25)28)9-12-5-3-4-6-13(12)20/h3-6,9,11H,7-8,10H2,1-2H3,(H,21,26)(H,22,23,24)/b14-9-. The van der Waals surface area contributed by atoms with Crippen LogP contribution >= 0.6 is 35.1 Å². The Balaban J connectivity index is 1.47. The SMILES string of the molecule is CC(C)c1nc(SCC(=O)NCCN2C(=O)S/C(=C\c3ccccc3Cl)C2=O)n[nH]1. The fourth-order valence-electron chi connectivity index (χ4n) is 2.50. The maximum Gasteiger partial charge on any atom is 0.293 e. The third-order valence-corrected chi connectivity index (χ3v) is 6.18. The molecular formula is C19H20ClN5O3S2. The van der Waals surface area contributed by atoms with Crippen LogP contribution in [-0.2, 0) is 9.59 Å². The number of carbonyl (C=O) groups excluding carboxylic acids is 3. The lowest BCUT2D eigenvalue weighted by Gasteiger charge is -2.12. The van der Waals surface area contributed by atoms with Crippen molar-refractivity contribution in [1.82, 2.24) is 25.4 Å². The second kappa shape index (κ2) is 10.1. The van der Waals surface area contributed by atoms with Crippen LogP contribution in [0.25, 0.3) is 6.08 Å². The molecule has 1 aliphatic rings. The Hall–Kier alpha value is -2.30. The Morgan fingerprint density at radius 1 is 1.37 bits per heavy atom. The van der Waals surface area contributed by atoms with E-state index in [4.69, 9.17) is 11.6 Å². The van der Waals surface area contributed by atoms with Crippen molar-refractivity contribution in [3.8, 4) is 0 Å². The second-order valence-corrected chi connectivity index (χ2v) is 8.99. The van der Waals surface area contributed by atoms with E-state index in [1.54, 1.807) is 30.3 Å². The van der Waals surface area contributed by atoms with Crippen molar-refractivity contribution >= 4 is 58.3 Å². The fraction of sp³-hybridized carbons (Fsp3) is 0.316. The summed E-state index contributed by atoms with van der Waals surface area (Å²) in [5.74, 6) is 0.516. The molecule has 1 fully saturated rings. The summed E-state index contributed by atoms with van der Waals surface area (Å²) >= 11 is 8.18. The molecule has 8 nitrogen and oxygen atoms in total. The molecule has 0 radical (unpaired) electrons. The number of amides is 3. The lowest BCUT2D eigenvalue weighted by Crippen LogP contribution is -2.37. The van der Waals surface area contributed by atoms with Crippen molar-refractivity contribution in [2.24, 2.45) is 0 Å². The Morgan fingerprint density at radius 2 is 2.13 bits per heavy atom. The second-order valence-electron chi connectivity index (χ2n) is 6.65. The van der Waals surface area contributed by atoms with E-state index in [0.717, 1.165) is 22.5 Å². The zero-order valence-corrected chi connectivity index (χ0v) is 18.7. The van der Waals surface area contributed by atoms with Gasteiger partial charge in [-0.15, -0.1) is 5.10 Å². The maximum absolute atomic E-state index is 12.5. The number of carbonyl (C=O) groups is 3. The third kappa shape index (κ3) is 5.65. The van der Waals surface area contributed by atoms with Gasteiger partial charge >= 0.3 is 0 Å². The van der Waals surface area contributed by atoms with Crippen molar-refractivity contribution in [2.75, 3.05) is 18.8 Å². The van der Waals surface area contributed by atoms with Crippen molar-refractivity contribution in [3.63, 3.8) is 0 Å². The van der Waals surface area contributed by atoms with Gasteiger partial charge in [0.15, 0.2) is 0 Å². The Labute approximate surface area is 187 Å². The number of halogens is 1. The summed E-state index contributed by atoms with van der Waals surface area (Å²) in [6.07, 6.45) is 1.60. The minimum atomic E-state index is -0.393. The minimum Gasteiger partial charge on any atom is -0.354 e. The van der Waals surface area contributed by atoms with E-state index in [0.29, 0.717) is 20.6 Å². The van der Waals surface area contributed by atoms with E-state index in [1.165, 1.54) is 11.8 Å². The number of aromatic nitrogens is 3. The predicted octanol–water partition coefficient (Wildman–Crippen LogP) is 3.53. The number of hydrogen-bond acceptors (Lipinski definition) is 7. The highest BCUT2D eigenvalue weighted by Crippen LogP contribution is 2.33. The summed E-state index contributed by atoms with van der Waals surface area (Å²) in [6.45, 7) is 4.26. The van der Waals surface area contributed by atoms with Crippen LogP contribution in [0.15, 0.2) is 34.3 Å². The highest BCUT2D eigenvalue weighted by Gasteiger charge is 2.34. The largest absolute Gasteiger partial charge is 0.354 e. The number of imide groups is 1. The first-order valence-corrected chi connectivity index (χ1v) is 11.3. The average molecular weight is 466 g/mol. The van der Waals surface area contributed by atoms with Crippen molar-refractivity contribution < 1.29 is 14.4 Å². The zero-order valence-electron chi connectivity index (χ0n) is 16.3. The first-order valence-electron chi connectivity index (χ1n) is 9.17. The van der Waals surface area contributed by atoms with Gasteiger partial charge in [-0.2, -0.15) is 0 Å². The van der Waals surface area contributed by atoms with Crippen LogP contribution in [0.3, 0.4) is 0 Å². The average Bonchev–Trinajstić information content (AvgIpc) is 3.28. The molecule has 0 unspecified atom stereocenters. The molecule has 3 rings (SSSR count). The highest BCUT2D eigenvalue weighted by atomic mass is 35.5. The van der Waals surface area contributed by atoms with Crippen LogP contribution < -0.4 is 5.32 Å². The summed E-state index contributed by atoms with van der Waals surface area (Å²) in [5, 5.41) is 10.2. The number of aromatic amines is 1. The van der Waals surface area contributed by atoms with Gasteiger partial charge in [-0.05, 0) is 29.5 Å². The third-order valence-electron chi connectivity index (χ3n) is 4.08. The molecular weight excluding hydrogens is 446 g/mol. The monoisotopic (exact) mass is 465 g/mol. The molecule has 0 atom stereocenters. The number of nitrogens with one attached hydrogen (secondary N) is 2. The van der Waals surface area contributed by atoms with Crippen LogP contribution in [-0.4, -0.2) is 56.0 Å². The van der Waals surface area contributed by atoms with Crippen LogP contribution in [0.2, 0.25) is 5.02 Å². The molecule has 1 aromatic heterocycles. The van der Waals surface area contributed by atoms with E-state index < -0.39 is 5.91 Å². The molecule has 0 saturated carbocycles. The smallest absolute Gasteiger partial charge is 0.293 e. The Kier molecular flexibility index (Phi) is 7.57. The molecule has 2 heterocycles. The highest BCUT2D eigenvalue weighted by molar-refractivity contribution is 8.18.